The Kier molecular flexibility index (Phi) is 7.10. The number of aromatic amines is 1. The standard InChI is InChI=1S/C26H28F2N6O5S/c1-26(2)14-34(40(37,38)18-10-15(27)9-16(28)11-18)13-21-22(26)31-32-24(21)30-25(36)19-4-3-17(12-20(19)23(29)35)33-5-7-39-8-6-33/h3-4,9-12H,5-8,13-14H2,1-2H3,(H2,29,35)(H2,30,31,32,36). The fraction of sp³-hybridized carbons (Fsp3) is 0.346. The quantitative estimate of drug-likeness (QED) is 0.409. The molecule has 0 aliphatic carbocycles. The van der Waals surface area contributed by atoms with E-state index < -0.39 is 43.8 Å². The molecule has 3 aromatic rings. The van der Waals surface area contributed by atoms with Crippen molar-refractivity contribution in [3.05, 3.63) is 70.4 Å². The molecule has 0 saturated carbocycles. The Labute approximate surface area is 229 Å². The summed E-state index contributed by atoms with van der Waals surface area (Å²) in [7, 11) is -4.31. The second kappa shape index (κ2) is 10.3. The minimum Gasteiger partial charge on any atom is -0.378 e. The number of H-pyrrole nitrogens is 1. The van der Waals surface area contributed by atoms with Crippen LogP contribution in [0.15, 0.2) is 41.3 Å². The van der Waals surface area contributed by atoms with Gasteiger partial charge in [-0.15, -0.1) is 0 Å². The highest BCUT2D eigenvalue weighted by molar-refractivity contribution is 7.89. The second-order valence-corrected chi connectivity index (χ2v) is 12.3. The van der Waals surface area contributed by atoms with Crippen molar-refractivity contribution in [2.24, 2.45) is 5.73 Å². The first-order valence-corrected chi connectivity index (χ1v) is 13.9. The Hall–Kier alpha value is -3.88. The molecule has 14 heteroatoms. The number of halogens is 2. The lowest BCUT2D eigenvalue weighted by Gasteiger charge is -2.36. The fourth-order valence-electron chi connectivity index (χ4n) is 5.06. The molecule has 0 bridgehead atoms. The highest BCUT2D eigenvalue weighted by Crippen LogP contribution is 2.38. The zero-order valence-electron chi connectivity index (χ0n) is 21.8. The smallest absolute Gasteiger partial charge is 0.257 e. The number of sulfonamides is 1. The summed E-state index contributed by atoms with van der Waals surface area (Å²) in [6, 6.07) is 6.86. The number of hydrogen-bond donors (Lipinski definition) is 3. The van der Waals surface area contributed by atoms with E-state index >= 15 is 0 Å². The number of rotatable bonds is 6. The van der Waals surface area contributed by atoms with Crippen molar-refractivity contribution in [1.82, 2.24) is 14.5 Å². The van der Waals surface area contributed by atoms with Crippen molar-refractivity contribution in [2.45, 2.75) is 30.7 Å². The largest absolute Gasteiger partial charge is 0.378 e. The Morgan fingerprint density at radius 1 is 1.07 bits per heavy atom. The average Bonchev–Trinajstić information content (AvgIpc) is 3.31. The first-order valence-electron chi connectivity index (χ1n) is 12.5. The molecule has 11 nitrogen and oxygen atoms in total. The van der Waals surface area contributed by atoms with Crippen molar-refractivity contribution < 1.29 is 31.5 Å². The molecular formula is C26H28F2N6O5S. The lowest BCUT2D eigenvalue weighted by molar-refractivity contribution is 0.0977. The van der Waals surface area contributed by atoms with Crippen molar-refractivity contribution in [3.8, 4) is 0 Å². The highest BCUT2D eigenvalue weighted by atomic mass is 32.2. The van der Waals surface area contributed by atoms with Gasteiger partial charge in [0.2, 0.25) is 15.9 Å². The van der Waals surface area contributed by atoms with Gasteiger partial charge in [0.25, 0.3) is 5.91 Å². The van der Waals surface area contributed by atoms with Gasteiger partial charge in [-0.05, 0) is 30.3 Å². The molecule has 2 amide bonds. The minimum atomic E-state index is -4.31. The summed E-state index contributed by atoms with van der Waals surface area (Å²) in [4.78, 5) is 27.1. The number of anilines is 2. The van der Waals surface area contributed by atoms with E-state index in [0.717, 1.165) is 22.1 Å². The maximum atomic E-state index is 13.8. The number of carbonyl (C=O) groups excluding carboxylic acids is 2. The van der Waals surface area contributed by atoms with Crippen LogP contribution in [0.2, 0.25) is 0 Å². The number of nitrogens with two attached hydrogens (primary N) is 1. The van der Waals surface area contributed by atoms with Crippen LogP contribution in [0, 0.1) is 11.6 Å². The molecule has 212 valence electrons. The van der Waals surface area contributed by atoms with Crippen molar-refractivity contribution in [2.75, 3.05) is 43.1 Å². The molecule has 1 fully saturated rings. The molecule has 4 N–H and O–H groups in total. The van der Waals surface area contributed by atoms with Crippen LogP contribution in [0.1, 0.15) is 45.8 Å². The maximum absolute atomic E-state index is 13.8. The number of benzene rings is 2. The first kappa shape index (κ1) is 27.7. The average molecular weight is 575 g/mol. The van der Waals surface area contributed by atoms with Gasteiger partial charge >= 0.3 is 0 Å². The van der Waals surface area contributed by atoms with Gasteiger partial charge in [0, 0.05) is 54.6 Å². The number of aromatic nitrogens is 2. The summed E-state index contributed by atoms with van der Waals surface area (Å²) in [5.41, 5.74) is 6.56. The van der Waals surface area contributed by atoms with Crippen LogP contribution >= 0.6 is 0 Å². The molecule has 0 atom stereocenters. The summed E-state index contributed by atoms with van der Waals surface area (Å²) in [6.07, 6.45) is 0. The number of primary amides is 1. The van der Waals surface area contributed by atoms with E-state index in [0.29, 0.717) is 43.6 Å². The predicted octanol–water partition coefficient (Wildman–Crippen LogP) is 2.36. The third kappa shape index (κ3) is 5.17. The molecule has 0 unspecified atom stereocenters. The normalized spacial score (nSPS) is 17.4. The number of carbonyl (C=O) groups is 2. The highest BCUT2D eigenvalue weighted by Gasteiger charge is 2.41. The summed E-state index contributed by atoms with van der Waals surface area (Å²) >= 11 is 0. The summed E-state index contributed by atoms with van der Waals surface area (Å²) in [6.45, 7) is 5.65. The van der Waals surface area contributed by atoms with Gasteiger partial charge in [-0.1, -0.05) is 13.8 Å². The summed E-state index contributed by atoms with van der Waals surface area (Å²) in [5, 5.41) is 9.75. The third-order valence-electron chi connectivity index (χ3n) is 7.05. The van der Waals surface area contributed by atoms with Crippen LogP contribution in [0.25, 0.3) is 0 Å². The first-order chi connectivity index (χ1) is 18.9. The van der Waals surface area contributed by atoms with E-state index in [2.05, 4.69) is 15.5 Å². The van der Waals surface area contributed by atoms with Crippen molar-refractivity contribution in [3.63, 3.8) is 0 Å². The number of fused-ring (bicyclic) bond motifs is 1. The monoisotopic (exact) mass is 574 g/mol. The van der Waals surface area contributed by atoms with Gasteiger partial charge in [0.1, 0.15) is 11.6 Å². The number of hydrogen-bond acceptors (Lipinski definition) is 7. The molecule has 2 aliphatic heterocycles. The van der Waals surface area contributed by atoms with Gasteiger partial charge in [-0.25, -0.2) is 17.2 Å². The lowest BCUT2D eigenvalue weighted by Crippen LogP contribution is -2.45. The molecule has 3 heterocycles. The van der Waals surface area contributed by atoms with Crippen molar-refractivity contribution in [1.29, 1.82) is 0 Å². The Morgan fingerprint density at radius 2 is 1.75 bits per heavy atom. The summed E-state index contributed by atoms with van der Waals surface area (Å²) in [5.74, 6) is -3.42. The van der Waals surface area contributed by atoms with E-state index in [-0.39, 0.29) is 30.0 Å². The summed E-state index contributed by atoms with van der Waals surface area (Å²) < 4.78 is 60.8. The van der Waals surface area contributed by atoms with Gasteiger partial charge in [0.15, 0.2) is 5.82 Å². The number of morpholine rings is 1. The number of nitrogens with one attached hydrogen (secondary N) is 2. The predicted molar refractivity (Wildman–Crippen MR) is 142 cm³/mol. The van der Waals surface area contributed by atoms with Gasteiger partial charge < -0.3 is 20.7 Å². The minimum absolute atomic E-state index is 0.00906. The van der Waals surface area contributed by atoms with Crippen LogP contribution in [0.3, 0.4) is 0 Å². The Morgan fingerprint density at radius 3 is 2.40 bits per heavy atom. The molecule has 5 rings (SSSR count). The number of nitrogens with zero attached hydrogens (tertiary/aromatic N) is 3. The van der Waals surface area contributed by atoms with Crippen LogP contribution in [0.5, 0.6) is 0 Å². The Balaban J connectivity index is 1.45. The molecule has 2 aliphatic rings. The third-order valence-corrected chi connectivity index (χ3v) is 8.81. The maximum Gasteiger partial charge on any atom is 0.257 e. The zero-order valence-corrected chi connectivity index (χ0v) is 22.6. The van der Waals surface area contributed by atoms with Gasteiger partial charge in [-0.3, -0.25) is 14.7 Å². The second-order valence-electron chi connectivity index (χ2n) is 10.3. The number of amides is 2. The molecule has 1 aromatic heterocycles. The SMILES string of the molecule is CC1(C)CN(S(=O)(=O)c2cc(F)cc(F)c2)Cc2c(NC(=O)c3ccc(N4CCOCC4)cc3C(N)=O)n[nH]c21. The van der Waals surface area contributed by atoms with Crippen LogP contribution in [-0.2, 0) is 26.7 Å². The van der Waals surface area contributed by atoms with E-state index in [1.165, 1.54) is 6.07 Å². The Bertz CT molecular complexity index is 1580. The van der Waals surface area contributed by atoms with Crippen LogP contribution in [0.4, 0.5) is 20.3 Å². The topological polar surface area (TPSA) is 151 Å². The molecular weight excluding hydrogens is 546 g/mol. The van der Waals surface area contributed by atoms with E-state index in [1.807, 2.05) is 4.90 Å². The fourth-order valence-corrected chi connectivity index (χ4v) is 6.67. The molecule has 0 spiro atoms. The van der Waals surface area contributed by atoms with Gasteiger partial charge in [-0.2, -0.15) is 9.40 Å². The lowest BCUT2D eigenvalue weighted by atomic mass is 9.84. The number of ether oxygens (including phenoxy) is 1. The van der Waals surface area contributed by atoms with E-state index in [1.54, 1.807) is 26.0 Å². The zero-order chi connectivity index (χ0) is 28.8. The molecule has 40 heavy (non-hydrogen) atoms. The van der Waals surface area contributed by atoms with Crippen LogP contribution in [-0.4, -0.2) is 67.6 Å². The van der Waals surface area contributed by atoms with E-state index in [9.17, 15) is 26.8 Å². The van der Waals surface area contributed by atoms with Crippen LogP contribution < -0.4 is 16.0 Å². The molecule has 1 saturated heterocycles. The molecule has 2 aromatic carbocycles. The van der Waals surface area contributed by atoms with Crippen molar-refractivity contribution >= 4 is 33.3 Å². The van der Waals surface area contributed by atoms with Gasteiger partial charge in [0.05, 0.1) is 29.2 Å². The molecule has 0 radical (unpaired) electrons. The van der Waals surface area contributed by atoms with E-state index in [4.69, 9.17) is 10.5 Å².